The summed E-state index contributed by atoms with van der Waals surface area (Å²) in [4.78, 5) is 41.1. The molecule has 5 rings (SSSR count). The van der Waals surface area contributed by atoms with Gasteiger partial charge in [-0.15, -0.1) is 0 Å². The number of rotatable bonds is 3. The van der Waals surface area contributed by atoms with Crippen LogP contribution in [0.25, 0.3) is 27.7 Å². The molecule has 0 radical (unpaired) electrons. The number of halogens is 6. The minimum absolute atomic E-state index is 0.190. The largest absolute Gasteiger partial charge is 0.542 e. The van der Waals surface area contributed by atoms with Crippen molar-refractivity contribution in [2.24, 2.45) is 0 Å². The van der Waals surface area contributed by atoms with E-state index in [-0.39, 0.29) is 5.91 Å². The first kappa shape index (κ1) is 31.0. The number of fused-ring (bicyclic) bond motifs is 2. The van der Waals surface area contributed by atoms with Crippen LogP contribution in [0, 0.1) is 0 Å². The van der Waals surface area contributed by atoms with Gasteiger partial charge >= 0.3 is 12.4 Å². The number of nitrogens with one attached hydrogen (secondary N) is 3. The number of aliphatic carboxylic acids is 2. The molecule has 0 unspecified atom stereocenters. The zero-order valence-electron chi connectivity index (χ0n) is 20.8. The first-order valence-electron chi connectivity index (χ1n) is 11.4. The molecule has 0 saturated heterocycles. The van der Waals surface area contributed by atoms with Crippen LogP contribution in [0.3, 0.4) is 0 Å². The molecule has 1 amide bonds. The molecule has 10 nitrogen and oxygen atoms in total. The summed E-state index contributed by atoms with van der Waals surface area (Å²) in [6.07, 6.45) is -1.23. The van der Waals surface area contributed by atoms with Crippen molar-refractivity contribution in [3.8, 4) is 11.4 Å². The van der Waals surface area contributed by atoms with E-state index in [4.69, 9.17) is 19.8 Å². The molecule has 1 aromatic carbocycles. The third-order valence-electron chi connectivity index (χ3n) is 5.22. The maximum atomic E-state index is 13.1. The molecule has 5 aromatic rings. The Kier molecular flexibility index (Phi) is 9.41. The standard InChI is InChI=1S/C22H15N5O.2C2HF3O2/c28-22(25-18-5-3-4-16-14-24-12-9-17(16)18)20-19-6-1-2-13-27(19)21(26-20)15-7-10-23-11-8-15;2*3-2(4,5)1(6)7/h1-14H,(H,25,28);2*(H,6,7). The van der Waals surface area contributed by atoms with E-state index < -0.39 is 24.3 Å². The Morgan fingerprint density at radius 2 is 1.48 bits per heavy atom. The van der Waals surface area contributed by atoms with Crippen LogP contribution in [-0.4, -0.2) is 40.2 Å². The lowest BCUT2D eigenvalue weighted by Gasteiger charge is -2.05. The second-order valence-electron chi connectivity index (χ2n) is 8.02. The fraction of sp³-hybridized carbons (Fsp3) is 0.0769. The number of aromatic amines is 2. The predicted octanol–water partition coefficient (Wildman–Crippen LogP) is 1.63. The fourth-order valence-electron chi connectivity index (χ4n) is 3.44. The number of H-pyrrole nitrogens is 2. The van der Waals surface area contributed by atoms with Crippen molar-refractivity contribution in [2.75, 3.05) is 5.32 Å². The molecule has 3 N–H and O–H groups in total. The van der Waals surface area contributed by atoms with Crippen molar-refractivity contribution in [3.63, 3.8) is 0 Å². The van der Waals surface area contributed by atoms with Gasteiger partial charge in [-0.25, -0.2) is 9.97 Å². The molecule has 218 valence electrons. The van der Waals surface area contributed by atoms with Gasteiger partial charge in [0.1, 0.15) is 11.9 Å². The summed E-state index contributed by atoms with van der Waals surface area (Å²) in [5, 5.41) is 22.6. The number of anilines is 1. The number of amides is 1. The summed E-state index contributed by atoms with van der Waals surface area (Å²) in [7, 11) is 0. The molecule has 4 aromatic heterocycles. The average Bonchev–Trinajstić information content (AvgIpc) is 3.33. The van der Waals surface area contributed by atoms with Gasteiger partial charge in [0.2, 0.25) is 5.69 Å². The number of carbonyl (C=O) groups excluding carboxylic acids is 3. The number of carboxylic acids is 2. The molecule has 0 atom stereocenters. The number of hydrogen-bond donors (Lipinski definition) is 2. The highest BCUT2D eigenvalue weighted by Crippen LogP contribution is 2.23. The SMILES string of the molecule is O=C(Nc1cccc2c[nH+]ccc12)c1[nH]c(-c2ccncc2)[n+]2ccccc12.O=C([O-])C(F)(F)F.O=C([O-])C(F)(F)F. The van der Waals surface area contributed by atoms with Gasteiger partial charge in [0, 0.05) is 34.9 Å². The van der Waals surface area contributed by atoms with Crippen LogP contribution in [0.5, 0.6) is 0 Å². The Labute approximate surface area is 230 Å². The molecule has 0 aliphatic heterocycles. The van der Waals surface area contributed by atoms with Crippen LogP contribution < -0.4 is 24.9 Å². The van der Waals surface area contributed by atoms with E-state index in [1.165, 1.54) is 0 Å². The molecule has 0 aliphatic rings. The molecule has 0 fully saturated rings. The Bertz CT molecular complexity index is 1690. The van der Waals surface area contributed by atoms with Gasteiger partial charge in [-0.05, 0) is 36.4 Å². The topological polar surface area (TPSA) is 156 Å². The fourth-order valence-corrected chi connectivity index (χ4v) is 3.44. The third-order valence-corrected chi connectivity index (χ3v) is 5.22. The summed E-state index contributed by atoms with van der Waals surface area (Å²) in [5.41, 5.74) is 3.04. The van der Waals surface area contributed by atoms with Crippen molar-refractivity contribution in [3.05, 3.63) is 91.3 Å². The van der Waals surface area contributed by atoms with Crippen molar-refractivity contribution < 1.29 is 60.3 Å². The Balaban J connectivity index is 0.000000289. The second-order valence-corrected chi connectivity index (χ2v) is 8.02. The molecule has 42 heavy (non-hydrogen) atoms. The molecule has 16 heteroatoms. The van der Waals surface area contributed by atoms with Crippen molar-refractivity contribution in [1.29, 1.82) is 0 Å². The van der Waals surface area contributed by atoms with E-state index in [1.54, 1.807) is 12.4 Å². The highest BCUT2D eigenvalue weighted by atomic mass is 19.4. The highest BCUT2D eigenvalue weighted by Gasteiger charge is 2.29. The number of aromatic nitrogens is 4. The Morgan fingerprint density at radius 1 is 0.857 bits per heavy atom. The van der Waals surface area contributed by atoms with Gasteiger partial charge in [0.15, 0.2) is 17.9 Å². The first-order valence-corrected chi connectivity index (χ1v) is 11.4. The third kappa shape index (κ3) is 7.77. The van der Waals surface area contributed by atoms with Crippen LogP contribution >= 0.6 is 0 Å². The number of pyridine rings is 3. The number of imidazole rings is 1. The van der Waals surface area contributed by atoms with E-state index in [9.17, 15) is 31.1 Å². The van der Waals surface area contributed by atoms with Gasteiger partial charge in [-0.1, -0.05) is 12.1 Å². The van der Waals surface area contributed by atoms with Crippen LogP contribution in [0.2, 0.25) is 0 Å². The molecule has 0 aliphatic carbocycles. The number of nitrogens with zero attached hydrogens (tertiary/aromatic N) is 2. The number of carbonyl (C=O) groups is 3. The maximum absolute atomic E-state index is 13.1. The minimum atomic E-state index is -5.19. The summed E-state index contributed by atoms with van der Waals surface area (Å²) in [6.45, 7) is 0. The number of alkyl halides is 6. The molecule has 0 bridgehead atoms. The maximum Gasteiger partial charge on any atom is 0.430 e. The lowest BCUT2D eigenvalue weighted by atomic mass is 10.1. The number of hydrogen-bond acceptors (Lipinski definition) is 6. The van der Waals surface area contributed by atoms with Crippen LogP contribution in [0.4, 0.5) is 32.0 Å². The van der Waals surface area contributed by atoms with Crippen molar-refractivity contribution in [1.82, 2.24) is 9.97 Å². The van der Waals surface area contributed by atoms with E-state index in [2.05, 4.69) is 20.3 Å². The van der Waals surface area contributed by atoms with Crippen molar-refractivity contribution in [2.45, 2.75) is 12.4 Å². The summed E-state index contributed by atoms with van der Waals surface area (Å²) in [6, 6.07) is 17.4. The smallest absolute Gasteiger partial charge is 0.430 e. The Morgan fingerprint density at radius 3 is 2.07 bits per heavy atom. The minimum Gasteiger partial charge on any atom is -0.542 e. The summed E-state index contributed by atoms with van der Waals surface area (Å²) < 4.78 is 65.1. The van der Waals surface area contributed by atoms with Crippen LogP contribution in [0.1, 0.15) is 10.5 Å². The normalized spacial score (nSPS) is 11.1. The molecular formula is C26H17F6N5O5. The van der Waals surface area contributed by atoms with Gasteiger partial charge in [-0.2, -0.15) is 30.7 Å². The quantitative estimate of drug-likeness (QED) is 0.239. The van der Waals surface area contributed by atoms with Crippen LogP contribution in [0.15, 0.2) is 85.6 Å². The number of benzene rings is 1. The number of carboxylic acid groups (broad SMARTS) is 2. The average molecular weight is 593 g/mol. The van der Waals surface area contributed by atoms with E-state index in [0.29, 0.717) is 5.69 Å². The highest BCUT2D eigenvalue weighted by molar-refractivity contribution is 6.10. The van der Waals surface area contributed by atoms with Gasteiger partial charge in [0.25, 0.3) is 11.7 Å². The summed E-state index contributed by atoms with van der Waals surface area (Å²) in [5.74, 6) is -5.37. The molecule has 4 heterocycles. The van der Waals surface area contributed by atoms with E-state index >= 15 is 0 Å². The van der Waals surface area contributed by atoms with Gasteiger partial charge in [-0.3, -0.25) is 9.78 Å². The Hall–Kier alpha value is -5.54. The summed E-state index contributed by atoms with van der Waals surface area (Å²) >= 11 is 0. The van der Waals surface area contributed by atoms with E-state index in [1.807, 2.05) is 77.6 Å². The van der Waals surface area contributed by atoms with Crippen LogP contribution in [-0.2, 0) is 9.59 Å². The zero-order valence-corrected chi connectivity index (χ0v) is 20.8. The molecule has 0 saturated carbocycles. The van der Waals surface area contributed by atoms with Gasteiger partial charge < -0.3 is 25.1 Å². The lowest BCUT2D eigenvalue weighted by Crippen LogP contribution is -2.37. The monoisotopic (exact) mass is 593 g/mol. The second kappa shape index (κ2) is 12.8. The van der Waals surface area contributed by atoms with Crippen molar-refractivity contribution >= 4 is 39.8 Å². The van der Waals surface area contributed by atoms with E-state index in [0.717, 1.165) is 33.4 Å². The van der Waals surface area contributed by atoms with Gasteiger partial charge in [0.05, 0.1) is 11.8 Å². The molecular weight excluding hydrogens is 576 g/mol. The first-order chi connectivity index (χ1) is 19.7. The molecule has 0 spiro atoms. The lowest BCUT2D eigenvalue weighted by molar-refractivity contribution is -0.498. The zero-order chi connectivity index (χ0) is 31.1. The predicted molar refractivity (Wildman–Crippen MR) is 128 cm³/mol.